The van der Waals surface area contributed by atoms with Crippen LogP contribution < -0.4 is 0 Å². The van der Waals surface area contributed by atoms with Crippen LogP contribution in [-0.2, 0) is 11.8 Å². The lowest BCUT2D eigenvalue weighted by molar-refractivity contribution is 0.491. The molecule has 0 radical (unpaired) electrons. The van der Waals surface area contributed by atoms with E-state index < -0.39 is 0 Å². The van der Waals surface area contributed by atoms with Crippen molar-refractivity contribution in [3.05, 3.63) is 144 Å². The van der Waals surface area contributed by atoms with Crippen molar-refractivity contribution in [1.29, 1.82) is 0 Å². The number of benzene rings is 5. The lowest BCUT2D eigenvalue weighted by Gasteiger charge is -2.29. The Labute approximate surface area is 309 Å². The number of aryl methyl sites for hydroxylation is 1. The molecule has 53 heavy (non-hydrogen) atoms. The molecular weight excluding hydrogens is 649 g/mol. The molecule has 5 aromatic carbocycles. The molecule has 10 rings (SSSR count). The molecule has 0 spiro atoms. The van der Waals surface area contributed by atoms with Crippen LogP contribution in [0.4, 0.5) is 0 Å². The summed E-state index contributed by atoms with van der Waals surface area (Å²) in [5.41, 5.74) is 14.1. The van der Waals surface area contributed by atoms with Gasteiger partial charge in [-0.1, -0.05) is 92.7 Å². The third-order valence-corrected chi connectivity index (χ3v) is 12.0. The van der Waals surface area contributed by atoms with E-state index >= 15 is 0 Å². The Kier molecular flexibility index (Phi) is 7.16. The molecule has 258 valence electrons. The predicted molar refractivity (Wildman–Crippen MR) is 218 cm³/mol. The van der Waals surface area contributed by atoms with Crippen molar-refractivity contribution in [2.45, 2.75) is 58.8 Å². The van der Waals surface area contributed by atoms with E-state index in [2.05, 4.69) is 128 Å². The Bertz CT molecular complexity index is 2830. The number of furan rings is 1. The molecule has 0 saturated heterocycles. The molecule has 0 atom stereocenters. The van der Waals surface area contributed by atoms with Gasteiger partial charge in [-0.25, -0.2) is 15.0 Å². The van der Waals surface area contributed by atoms with Crippen LogP contribution in [0.1, 0.15) is 75.2 Å². The van der Waals surface area contributed by atoms with Crippen molar-refractivity contribution in [3.63, 3.8) is 0 Å². The molecule has 0 saturated carbocycles. The summed E-state index contributed by atoms with van der Waals surface area (Å²) < 4.78 is 8.98. The summed E-state index contributed by atoms with van der Waals surface area (Å²) in [7, 11) is 0. The maximum atomic E-state index is 6.52. The average Bonchev–Trinajstić information content (AvgIpc) is 3.85. The minimum Gasteiger partial charge on any atom is -0.456 e. The van der Waals surface area contributed by atoms with Crippen LogP contribution in [-0.4, -0.2) is 19.5 Å². The first-order valence-electron chi connectivity index (χ1n) is 18.9. The van der Waals surface area contributed by atoms with Gasteiger partial charge in [0.1, 0.15) is 11.3 Å². The standard InChI is InChI=1S/C48H40N4O/c1-5-29(4)45-49-46(30-16-9-8-10-17-30)51-47(50-45)31-18-15-19-32(26-31)52-39-24-25-42-44(34-21-12-14-23-41(34)53-42)43(39)36-27-35-33-20-11-13-22-37(33)48(6-2,7-3)38(35)28-40(36)52/h5,8-11,13-20,22-28H,6-7,12,21H2,1-4H3/b29-5+. The Balaban J connectivity index is 1.27. The Morgan fingerprint density at radius 3 is 2.34 bits per heavy atom. The van der Waals surface area contributed by atoms with Crippen molar-refractivity contribution in [2.75, 3.05) is 0 Å². The fourth-order valence-electron chi connectivity index (χ4n) is 9.12. The second-order valence-corrected chi connectivity index (χ2v) is 14.5. The summed E-state index contributed by atoms with van der Waals surface area (Å²) in [5.74, 6) is 3.00. The lowest BCUT2D eigenvalue weighted by Crippen LogP contribution is -2.23. The summed E-state index contributed by atoms with van der Waals surface area (Å²) in [6, 6.07) is 37.3. The highest BCUT2D eigenvalue weighted by molar-refractivity contribution is 6.23. The maximum Gasteiger partial charge on any atom is 0.164 e. The van der Waals surface area contributed by atoms with Crippen LogP contribution in [0.3, 0.4) is 0 Å². The van der Waals surface area contributed by atoms with Crippen molar-refractivity contribution >= 4 is 44.4 Å². The summed E-state index contributed by atoms with van der Waals surface area (Å²) in [5, 5.41) is 3.75. The van der Waals surface area contributed by atoms with Gasteiger partial charge in [0.15, 0.2) is 17.5 Å². The van der Waals surface area contributed by atoms with Gasteiger partial charge in [0, 0.05) is 44.0 Å². The zero-order valence-electron chi connectivity index (χ0n) is 30.6. The molecule has 0 fully saturated rings. The second-order valence-electron chi connectivity index (χ2n) is 14.5. The summed E-state index contributed by atoms with van der Waals surface area (Å²) in [4.78, 5) is 15.0. The van der Waals surface area contributed by atoms with Crippen LogP contribution in [0.5, 0.6) is 0 Å². The van der Waals surface area contributed by atoms with Crippen LogP contribution in [0.2, 0.25) is 0 Å². The Hall–Kier alpha value is -6.07. The van der Waals surface area contributed by atoms with Crippen LogP contribution in [0.25, 0.3) is 84.0 Å². The fourth-order valence-corrected chi connectivity index (χ4v) is 9.12. The largest absolute Gasteiger partial charge is 0.456 e. The predicted octanol–water partition coefficient (Wildman–Crippen LogP) is 12.5. The van der Waals surface area contributed by atoms with Crippen LogP contribution in [0, 0.1) is 0 Å². The first-order valence-corrected chi connectivity index (χ1v) is 18.9. The van der Waals surface area contributed by atoms with Crippen molar-refractivity contribution < 1.29 is 4.42 Å². The second kappa shape index (κ2) is 12.0. The summed E-state index contributed by atoms with van der Waals surface area (Å²) >= 11 is 0. The van der Waals surface area contributed by atoms with E-state index in [1.807, 2.05) is 25.1 Å². The number of hydrogen-bond donors (Lipinski definition) is 0. The van der Waals surface area contributed by atoms with E-state index in [1.54, 1.807) is 0 Å². The number of aromatic nitrogens is 4. The van der Waals surface area contributed by atoms with E-state index in [0.29, 0.717) is 17.5 Å². The lowest BCUT2D eigenvalue weighted by atomic mass is 9.74. The average molecular weight is 689 g/mol. The van der Waals surface area contributed by atoms with E-state index in [4.69, 9.17) is 19.4 Å². The minimum absolute atomic E-state index is 0.0437. The van der Waals surface area contributed by atoms with Gasteiger partial charge in [-0.15, -0.1) is 0 Å². The molecule has 0 bridgehead atoms. The summed E-state index contributed by atoms with van der Waals surface area (Å²) in [6.07, 6.45) is 10.5. The molecule has 3 heterocycles. The molecule has 2 aliphatic carbocycles. The van der Waals surface area contributed by atoms with Crippen molar-refractivity contribution in [3.8, 4) is 39.6 Å². The third-order valence-electron chi connectivity index (χ3n) is 12.0. The number of rotatable bonds is 6. The molecule has 2 aliphatic rings. The SMILES string of the molecule is C/C=C(\C)c1nc(-c2ccccc2)nc(-c2cccc(-n3c4cc5c(cc4c4c6c7c(oc6ccc43)C=CCC7)-c3ccccc3C5(CC)CC)c2)n1. The van der Waals surface area contributed by atoms with Crippen molar-refractivity contribution in [1.82, 2.24) is 19.5 Å². The Morgan fingerprint density at radius 2 is 1.53 bits per heavy atom. The van der Waals surface area contributed by atoms with Gasteiger partial charge >= 0.3 is 0 Å². The molecule has 0 N–H and O–H groups in total. The zero-order chi connectivity index (χ0) is 35.8. The molecule has 8 aromatic rings. The van der Waals surface area contributed by atoms with E-state index in [9.17, 15) is 0 Å². The number of allylic oxidation sites excluding steroid dienone is 3. The van der Waals surface area contributed by atoms with Gasteiger partial charge in [-0.3, -0.25) is 0 Å². The summed E-state index contributed by atoms with van der Waals surface area (Å²) in [6.45, 7) is 8.76. The molecule has 0 aliphatic heterocycles. The molecule has 0 amide bonds. The van der Waals surface area contributed by atoms with Gasteiger partial charge < -0.3 is 8.98 Å². The first-order chi connectivity index (χ1) is 26.0. The molecule has 5 heteroatoms. The monoisotopic (exact) mass is 688 g/mol. The van der Waals surface area contributed by atoms with E-state index in [0.717, 1.165) is 59.4 Å². The quantitative estimate of drug-likeness (QED) is 0.174. The maximum absolute atomic E-state index is 6.52. The zero-order valence-corrected chi connectivity index (χ0v) is 30.6. The van der Waals surface area contributed by atoms with Gasteiger partial charge in [0.05, 0.1) is 11.0 Å². The van der Waals surface area contributed by atoms with Crippen molar-refractivity contribution in [2.24, 2.45) is 0 Å². The van der Waals surface area contributed by atoms with E-state index in [-0.39, 0.29) is 5.41 Å². The Morgan fingerprint density at radius 1 is 0.755 bits per heavy atom. The smallest absolute Gasteiger partial charge is 0.164 e. The topological polar surface area (TPSA) is 56.7 Å². The minimum atomic E-state index is -0.0437. The third kappa shape index (κ3) is 4.59. The highest BCUT2D eigenvalue weighted by Gasteiger charge is 2.41. The van der Waals surface area contributed by atoms with Gasteiger partial charge in [-0.2, -0.15) is 0 Å². The highest BCUT2D eigenvalue weighted by Crippen LogP contribution is 2.55. The number of nitrogens with zero attached hydrogens (tertiary/aromatic N) is 4. The normalized spacial score (nSPS) is 14.6. The number of fused-ring (bicyclic) bond motifs is 10. The van der Waals surface area contributed by atoms with Gasteiger partial charge in [0.25, 0.3) is 0 Å². The first kappa shape index (κ1) is 31.6. The molecule has 5 nitrogen and oxygen atoms in total. The highest BCUT2D eigenvalue weighted by atomic mass is 16.3. The van der Waals surface area contributed by atoms with Crippen LogP contribution in [0.15, 0.2) is 120 Å². The van der Waals surface area contributed by atoms with Crippen LogP contribution >= 0.6 is 0 Å². The molecule has 3 aromatic heterocycles. The van der Waals surface area contributed by atoms with E-state index in [1.165, 1.54) is 55.0 Å². The van der Waals surface area contributed by atoms with Gasteiger partial charge in [-0.05, 0) is 110 Å². The fraction of sp³-hybridized carbons (Fsp3) is 0.188. The number of hydrogen-bond acceptors (Lipinski definition) is 4. The molecular formula is C48H40N4O. The van der Waals surface area contributed by atoms with Gasteiger partial charge in [0.2, 0.25) is 0 Å². The molecule has 0 unspecified atom stereocenters.